The van der Waals surface area contributed by atoms with E-state index in [1.54, 1.807) is 23.5 Å². The van der Waals surface area contributed by atoms with E-state index in [0.717, 1.165) is 18.7 Å². The number of rotatable bonds is 4. The van der Waals surface area contributed by atoms with Crippen molar-refractivity contribution in [1.29, 1.82) is 0 Å². The molecule has 1 saturated heterocycles. The number of carbonyl (C=O) groups excluding carboxylic acids is 1. The van der Waals surface area contributed by atoms with Gasteiger partial charge in [-0.05, 0) is 42.6 Å². The van der Waals surface area contributed by atoms with Crippen molar-refractivity contribution in [3.8, 4) is 0 Å². The van der Waals surface area contributed by atoms with E-state index in [4.69, 9.17) is 11.6 Å². The van der Waals surface area contributed by atoms with Gasteiger partial charge >= 0.3 is 0 Å². The van der Waals surface area contributed by atoms with Crippen LogP contribution in [0.15, 0.2) is 41.8 Å². The molecule has 3 rings (SSSR count). The Morgan fingerprint density at radius 1 is 1.36 bits per heavy atom. The van der Waals surface area contributed by atoms with E-state index < -0.39 is 0 Å². The maximum atomic E-state index is 12.5. The number of hydrogen-bond donors (Lipinski definition) is 2. The lowest BCUT2D eigenvalue weighted by Crippen LogP contribution is -3.15. The lowest BCUT2D eigenvalue weighted by molar-refractivity contribution is -0.931. The minimum Gasteiger partial charge on any atom is -0.321 e. The zero-order chi connectivity index (χ0) is 15.5. The normalized spacial score (nSPS) is 22.5. The molecule has 1 amide bonds. The van der Waals surface area contributed by atoms with Gasteiger partial charge in [0, 0.05) is 23.6 Å². The van der Waals surface area contributed by atoms with Crippen LogP contribution in [-0.4, -0.2) is 18.5 Å². The number of amides is 1. The smallest absolute Gasteiger partial charge is 0.282 e. The highest BCUT2D eigenvalue weighted by molar-refractivity contribution is 7.10. The van der Waals surface area contributed by atoms with Crippen LogP contribution in [0.25, 0.3) is 0 Å². The van der Waals surface area contributed by atoms with Gasteiger partial charge in [-0.3, -0.25) is 4.79 Å². The second-order valence-electron chi connectivity index (χ2n) is 5.75. The molecule has 5 heteroatoms. The van der Waals surface area contributed by atoms with Crippen LogP contribution < -0.4 is 10.2 Å². The van der Waals surface area contributed by atoms with Crippen LogP contribution in [-0.2, 0) is 4.79 Å². The molecule has 1 aliphatic rings. The van der Waals surface area contributed by atoms with E-state index in [2.05, 4.69) is 22.8 Å². The van der Waals surface area contributed by atoms with Gasteiger partial charge in [-0.25, -0.2) is 0 Å². The van der Waals surface area contributed by atoms with Crippen LogP contribution in [0.4, 0.5) is 5.69 Å². The first-order chi connectivity index (χ1) is 10.6. The summed E-state index contributed by atoms with van der Waals surface area (Å²) in [6, 6.07) is 11.9. The number of likely N-dealkylation sites (tertiary alicyclic amines) is 1. The molecule has 1 aliphatic heterocycles. The van der Waals surface area contributed by atoms with Crippen molar-refractivity contribution in [3.05, 3.63) is 51.7 Å². The molecule has 2 heterocycles. The Balaban J connectivity index is 1.68. The molecular weight excluding hydrogens is 316 g/mol. The number of halogens is 1. The number of quaternary nitrogens is 1. The minimum absolute atomic E-state index is 0.0646. The highest BCUT2D eigenvalue weighted by atomic mass is 35.5. The van der Waals surface area contributed by atoms with Crippen LogP contribution >= 0.6 is 22.9 Å². The van der Waals surface area contributed by atoms with E-state index in [1.807, 2.05) is 19.1 Å². The summed E-state index contributed by atoms with van der Waals surface area (Å²) < 4.78 is 0. The van der Waals surface area contributed by atoms with E-state index in [1.165, 1.54) is 16.2 Å². The SMILES string of the molecule is C[C@H](C(=O)Nc1ccc(Cl)cc1)[NH+]1CCC[C@@H]1c1cccs1. The summed E-state index contributed by atoms with van der Waals surface area (Å²) in [6.07, 6.45) is 2.34. The molecule has 116 valence electrons. The van der Waals surface area contributed by atoms with E-state index in [0.29, 0.717) is 11.1 Å². The Bertz CT molecular complexity index is 627. The van der Waals surface area contributed by atoms with Gasteiger partial charge in [0.1, 0.15) is 6.04 Å². The summed E-state index contributed by atoms with van der Waals surface area (Å²) in [5.41, 5.74) is 0.799. The largest absolute Gasteiger partial charge is 0.321 e. The van der Waals surface area contributed by atoms with Crippen LogP contribution in [0, 0.1) is 0 Å². The predicted octanol–water partition coefficient (Wildman–Crippen LogP) is 3.15. The number of carbonyl (C=O) groups is 1. The summed E-state index contributed by atoms with van der Waals surface area (Å²) in [7, 11) is 0. The van der Waals surface area contributed by atoms with Crippen LogP contribution in [0.3, 0.4) is 0 Å². The molecule has 3 atom stereocenters. The van der Waals surface area contributed by atoms with E-state index in [-0.39, 0.29) is 11.9 Å². The molecule has 1 fully saturated rings. The van der Waals surface area contributed by atoms with Crippen LogP contribution in [0.5, 0.6) is 0 Å². The Labute approximate surface area is 139 Å². The van der Waals surface area contributed by atoms with E-state index in [9.17, 15) is 4.79 Å². The molecule has 0 aliphatic carbocycles. The van der Waals surface area contributed by atoms with Crippen molar-refractivity contribution >= 4 is 34.5 Å². The first-order valence-corrected chi connectivity index (χ1v) is 8.86. The number of benzene rings is 1. The highest BCUT2D eigenvalue weighted by Gasteiger charge is 2.37. The van der Waals surface area contributed by atoms with Gasteiger partial charge in [-0.1, -0.05) is 17.7 Å². The predicted molar refractivity (Wildman–Crippen MR) is 91.7 cm³/mol. The third-order valence-corrected chi connectivity index (χ3v) is 5.59. The Kier molecular flexibility index (Phi) is 4.81. The summed E-state index contributed by atoms with van der Waals surface area (Å²) >= 11 is 7.67. The Morgan fingerprint density at radius 3 is 2.82 bits per heavy atom. The van der Waals surface area contributed by atoms with Gasteiger partial charge in [0.2, 0.25) is 0 Å². The van der Waals surface area contributed by atoms with Crippen LogP contribution in [0.1, 0.15) is 30.7 Å². The van der Waals surface area contributed by atoms with Crippen LogP contribution in [0.2, 0.25) is 5.02 Å². The van der Waals surface area contributed by atoms with Gasteiger partial charge in [-0.2, -0.15) is 0 Å². The maximum Gasteiger partial charge on any atom is 0.282 e. The van der Waals surface area contributed by atoms with Crippen molar-refractivity contribution in [1.82, 2.24) is 0 Å². The fraction of sp³-hybridized carbons (Fsp3) is 0.353. The zero-order valence-corrected chi connectivity index (χ0v) is 14.1. The van der Waals surface area contributed by atoms with Gasteiger partial charge in [0.25, 0.3) is 5.91 Å². The average Bonchev–Trinajstić information content (AvgIpc) is 3.19. The molecule has 0 radical (unpaired) electrons. The number of thiophene rings is 1. The van der Waals surface area contributed by atoms with Gasteiger partial charge in [0.15, 0.2) is 6.04 Å². The molecule has 1 unspecified atom stereocenters. The quantitative estimate of drug-likeness (QED) is 0.884. The zero-order valence-electron chi connectivity index (χ0n) is 12.5. The van der Waals surface area contributed by atoms with Crippen molar-refractivity contribution < 1.29 is 9.69 Å². The third kappa shape index (κ3) is 3.35. The topological polar surface area (TPSA) is 33.5 Å². The van der Waals surface area contributed by atoms with Gasteiger partial charge in [-0.15, -0.1) is 11.3 Å². The molecular formula is C17H20ClN2OS+. The molecule has 2 N–H and O–H groups in total. The molecule has 2 aromatic rings. The molecule has 1 aromatic carbocycles. The standard InChI is InChI=1S/C17H19ClN2OS/c1-12(17(21)19-14-8-6-13(18)7-9-14)20-10-2-4-15(20)16-5-3-11-22-16/h3,5-9,11-12,15H,2,4,10H2,1H3,(H,19,21)/p+1/t12-,15-/m1/s1. The molecule has 1 aromatic heterocycles. The van der Waals surface area contributed by atoms with Crippen molar-refractivity contribution in [2.24, 2.45) is 0 Å². The van der Waals surface area contributed by atoms with Crippen molar-refractivity contribution in [2.45, 2.75) is 31.8 Å². The third-order valence-electron chi connectivity index (χ3n) is 4.35. The Hall–Kier alpha value is -1.36. The number of nitrogens with one attached hydrogen (secondary N) is 2. The van der Waals surface area contributed by atoms with Gasteiger partial charge in [0.05, 0.1) is 11.4 Å². The first-order valence-electron chi connectivity index (χ1n) is 7.60. The van der Waals surface area contributed by atoms with Crippen molar-refractivity contribution in [2.75, 3.05) is 11.9 Å². The summed E-state index contributed by atoms with van der Waals surface area (Å²) in [5, 5.41) is 5.79. The van der Waals surface area contributed by atoms with Gasteiger partial charge < -0.3 is 10.2 Å². The number of anilines is 1. The lowest BCUT2D eigenvalue weighted by atomic mass is 10.1. The molecule has 3 nitrogen and oxygen atoms in total. The molecule has 0 saturated carbocycles. The molecule has 0 spiro atoms. The summed E-state index contributed by atoms with van der Waals surface area (Å²) in [4.78, 5) is 15.3. The molecule has 0 bridgehead atoms. The monoisotopic (exact) mass is 335 g/mol. The lowest BCUT2D eigenvalue weighted by Gasteiger charge is -2.26. The average molecular weight is 336 g/mol. The Morgan fingerprint density at radius 2 is 2.14 bits per heavy atom. The first kappa shape index (κ1) is 15.5. The molecule has 22 heavy (non-hydrogen) atoms. The van der Waals surface area contributed by atoms with E-state index >= 15 is 0 Å². The summed E-state index contributed by atoms with van der Waals surface area (Å²) in [6.45, 7) is 3.07. The maximum absolute atomic E-state index is 12.5. The minimum atomic E-state index is -0.0646. The fourth-order valence-electron chi connectivity index (χ4n) is 3.15. The summed E-state index contributed by atoms with van der Waals surface area (Å²) in [5.74, 6) is 0.0702. The second kappa shape index (κ2) is 6.82. The van der Waals surface area contributed by atoms with Crippen molar-refractivity contribution in [3.63, 3.8) is 0 Å². The fourth-order valence-corrected chi connectivity index (χ4v) is 4.19. The highest BCUT2D eigenvalue weighted by Crippen LogP contribution is 2.24. The number of hydrogen-bond acceptors (Lipinski definition) is 2. The second-order valence-corrected chi connectivity index (χ2v) is 7.17.